The third-order valence-corrected chi connectivity index (χ3v) is 6.15. The van der Waals surface area contributed by atoms with Gasteiger partial charge in [-0.2, -0.15) is 5.01 Å². The van der Waals surface area contributed by atoms with Gasteiger partial charge >= 0.3 is 0 Å². The van der Waals surface area contributed by atoms with Crippen molar-refractivity contribution in [3.63, 3.8) is 0 Å². The highest BCUT2D eigenvalue weighted by molar-refractivity contribution is 8.27. The van der Waals surface area contributed by atoms with Crippen molar-refractivity contribution in [2.24, 2.45) is 0 Å². The Morgan fingerprint density at radius 3 is 2.53 bits per heavy atom. The largest absolute Gasteiger partial charge is 0.457 e. The third-order valence-electron chi connectivity index (χ3n) is 4.53. The van der Waals surface area contributed by atoms with E-state index >= 15 is 0 Å². The highest BCUT2D eigenvalue weighted by Crippen LogP contribution is 2.36. The molecule has 3 heterocycles. The second kappa shape index (κ2) is 7.75. The average Bonchev–Trinajstić information content (AvgIpc) is 3.36. The zero-order chi connectivity index (χ0) is 21.6. The van der Waals surface area contributed by atoms with Crippen molar-refractivity contribution in [3.05, 3.63) is 79.7 Å². The van der Waals surface area contributed by atoms with Crippen LogP contribution in [-0.4, -0.2) is 19.8 Å². The minimum Gasteiger partial charge on any atom is -0.457 e. The lowest BCUT2D eigenvalue weighted by Gasteiger charge is -2.20. The highest BCUT2D eigenvalue weighted by atomic mass is 35.5. The van der Waals surface area contributed by atoms with Crippen LogP contribution in [0.3, 0.4) is 0 Å². The minimum atomic E-state index is -0.500. The van der Waals surface area contributed by atoms with E-state index in [2.05, 4.69) is 0 Å². The van der Waals surface area contributed by atoms with Gasteiger partial charge < -0.3 is 4.42 Å². The summed E-state index contributed by atoms with van der Waals surface area (Å²) in [6.45, 7) is 3.80. The van der Waals surface area contributed by atoms with Crippen LogP contribution in [0.15, 0.2) is 51.8 Å². The van der Waals surface area contributed by atoms with Crippen molar-refractivity contribution in [1.29, 1.82) is 0 Å². The van der Waals surface area contributed by atoms with Crippen molar-refractivity contribution in [2.45, 2.75) is 13.8 Å². The number of hydrogen-bond acceptors (Lipinski definition) is 6. The summed E-state index contributed by atoms with van der Waals surface area (Å²) < 4.78 is 7.98. The lowest BCUT2D eigenvalue weighted by molar-refractivity contribution is -0.384. The minimum absolute atomic E-state index is 0.0920. The number of furan rings is 1. The van der Waals surface area contributed by atoms with Crippen molar-refractivity contribution >= 4 is 57.6 Å². The molecule has 152 valence electrons. The number of carbonyl (C=O) groups is 1. The first-order valence-corrected chi connectivity index (χ1v) is 10.3. The molecule has 1 saturated heterocycles. The van der Waals surface area contributed by atoms with E-state index in [9.17, 15) is 14.9 Å². The van der Waals surface area contributed by atoms with Gasteiger partial charge in [0.15, 0.2) is 4.32 Å². The van der Waals surface area contributed by atoms with E-state index in [1.807, 2.05) is 26.0 Å². The maximum Gasteiger partial charge on any atom is 0.285 e. The van der Waals surface area contributed by atoms with Crippen LogP contribution in [0.4, 0.5) is 5.69 Å². The normalized spacial score (nSPS) is 15.4. The fourth-order valence-corrected chi connectivity index (χ4v) is 4.56. The molecule has 0 saturated carbocycles. The molecule has 0 N–H and O–H groups in total. The number of non-ortho nitro benzene ring substituents is 1. The first-order chi connectivity index (χ1) is 14.3. The van der Waals surface area contributed by atoms with Gasteiger partial charge in [-0.3, -0.25) is 19.6 Å². The molecule has 30 heavy (non-hydrogen) atoms. The summed E-state index contributed by atoms with van der Waals surface area (Å²) in [7, 11) is 0. The van der Waals surface area contributed by atoms with Gasteiger partial charge in [0.25, 0.3) is 11.6 Å². The van der Waals surface area contributed by atoms with Gasteiger partial charge in [0.05, 0.1) is 14.9 Å². The van der Waals surface area contributed by atoms with Crippen LogP contribution < -0.4 is 5.01 Å². The molecule has 1 aliphatic heterocycles. The number of benzene rings is 1. The summed E-state index contributed by atoms with van der Waals surface area (Å²) in [4.78, 5) is 23.9. The average molecular weight is 460 g/mol. The van der Waals surface area contributed by atoms with E-state index in [0.717, 1.165) is 11.4 Å². The van der Waals surface area contributed by atoms with Crippen LogP contribution in [0.1, 0.15) is 17.1 Å². The van der Waals surface area contributed by atoms with Gasteiger partial charge in [0, 0.05) is 35.2 Å². The second-order valence-corrected chi connectivity index (χ2v) is 8.63. The molecule has 7 nitrogen and oxygen atoms in total. The molecule has 0 aliphatic carbocycles. The number of hydrogen-bond donors (Lipinski definition) is 0. The van der Waals surface area contributed by atoms with Crippen LogP contribution >= 0.6 is 35.6 Å². The number of rotatable bonds is 4. The molecule has 0 radical (unpaired) electrons. The Morgan fingerprint density at radius 2 is 1.87 bits per heavy atom. The van der Waals surface area contributed by atoms with Gasteiger partial charge in [-0.05, 0) is 56.4 Å². The number of nitro groups is 1. The molecule has 1 fully saturated rings. The SMILES string of the molecule is Cc1ccc(C)n1N1C(=O)/C(=C\c2ccc(-c3cc([N+](=O)[O-])ccc3Cl)o2)SC1=S. The Hall–Kier alpha value is -2.88. The van der Waals surface area contributed by atoms with E-state index in [0.29, 0.717) is 31.3 Å². The van der Waals surface area contributed by atoms with Gasteiger partial charge in [-0.25, -0.2) is 0 Å². The number of carbonyl (C=O) groups excluding carboxylic acids is 1. The Balaban J connectivity index is 1.66. The van der Waals surface area contributed by atoms with Gasteiger partial charge in [-0.15, -0.1) is 0 Å². The Morgan fingerprint density at radius 1 is 1.17 bits per heavy atom. The Bertz CT molecular complexity index is 1230. The van der Waals surface area contributed by atoms with Crippen LogP contribution in [0.5, 0.6) is 0 Å². The topological polar surface area (TPSA) is 81.5 Å². The first-order valence-electron chi connectivity index (χ1n) is 8.73. The summed E-state index contributed by atoms with van der Waals surface area (Å²) in [6, 6.07) is 11.3. The molecule has 0 spiro atoms. The number of halogens is 1. The predicted molar refractivity (Wildman–Crippen MR) is 121 cm³/mol. The molecule has 10 heteroatoms. The van der Waals surface area contributed by atoms with E-state index < -0.39 is 4.92 Å². The molecule has 0 atom stereocenters. The monoisotopic (exact) mass is 459 g/mol. The molecular weight excluding hydrogens is 446 g/mol. The summed E-state index contributed by atoms with van der Waals surface area (Å²) in [6.07, 6.45) is 1.60. The van der Waals surface area contributed by atoms with Crippen LogP contribution in [0, 0.1) is 24.0 Å². The number of amides is 1. The van der Waals surface area contributed by atoms with Crippen LogP contribution in [-0.2, 0) is 4.79 Å². The number of thioether (sulfide) groups is 1. The molecule has 0 unspecified atom stereocenters. The predicted octanol–water partition coefficient (Wildman–Crippen LogP) is 5.46. The molecule has 1 aromatic carbocycles. The van der Waals surface area contributed by atoms with Crippen molar-refractivity contribution in [2.75, 3.05) is 5.01 Å². The van der Waals surface area contributed by atoms with Crippen molar-refractivity contribution in [1.82, 2.24) is 4.68 Å². The number of nitrogens with zero attached hydrogens (tertiary/aromatic N) is 3. The third kappa shape index (κ3) is 3.55. The fourth-order valence-electron chi connectivity index (χ4n) is 3.13. The number of aromatic nitrogens is 1. The molecule has 0 bridgehead atoms. The van der Waals surface area contributed by atoms with Crippen molar-refractivity contribution < 1.29 is 14.1 Å². The molecule has 3 aromatic rings. The summed E-state index contributed by atoms with van der Waals surface area (Å²) >= 11 is 12.8. The second-order valence-electron chi connectivity index (χ2n) is 6.54. The summed E-state index contributed by atoms with van der Waals surface area (Å²) in [5.41, 5.74) is 2.10. The molecule has 4 rings (SSSR count). The quantitative estimate of drug-likeness (QED) is 0.223. The molecule has 2 aromatic heterocycles. The van der Waals surface area contributed by atoms with Crippen LogP contribution in [0.25, 0.3) is 17.4 Å². The molecule has 1 aliphatic rings. The molecular formula is C20H14ClN3O4S2. The number of thiocarbonyl (C=S) groups is 1. The fraction of sp³-hybridized carbons (Fsp3) is 0.100. The zero-order valence-electron chi connectivity index (χ0n) is 15.8. The number of nitro benzene ring substituents is 1. The Labute approximate surface area is 186 Å². The van der Waals surface area contributed by atoms with E-state index in [1.54, 1.807) is 22.9 Å². The van der Waals surface area contributed by atoms with E-state index in [1.165, 1.54) is 35.0 Å². The first kappa shape index (κ1) is 20.4. The van der Waals surface area contributed by atoms with Gasteiger partial charge in [-0.1, -0.05) is 23.4 Å². The maximum atomic E-state index is 13.0. The molecule has 1 amide bonds. The smallest absolute Gasteiger partial charge is 0.285 e. The van der Waals surface area contributed by atoms with Gasteiger partial charge in [0.1, 0.15) is 11.5 Å². The number of aryl methyl sites for hydroxylation is 2. The van der Waals surface area contributed by atoms with Crippen molar-refractivity contribution in [3.8, 4) is 11.3 Å². The summed E-state index contributed by atoms with van der Waals surface area (Å²) in [5, 5.41) is 12.8. The zero-order valence-corrected chi connectivity index (χ0v) is 18.2. The lowest BCUT2D eigenvalue weighted by atomic mass is 10.1. The van der Waals surface area contributed by atoms with Crippen LogP contribution in [0.2, 0.25) is 5.02 Å². The van der Waals surface area contributed by atoms with Gasteiger partial charge in [0.2, 0.25) is 0 Å². The Kier molecular flexibility index (Phi) is 5.27. The highest BCUT2D eigenvalue weighted by Gasteiger charge is 2.35. The maximum absolute atomic E-state index is 13.0. The lowest BCUT2D eigenvalue weighted by Crippen LogP contribution is -2.39. The summed E-state index contributed by atoms with van der Waals surface area (Å²) in [5.74, 6) is 0.523. The standard InChI is InChI=1S/C20H14ClN3O4S2/c1-11-3-4-12(2)22(11)23-19(25)18(30-20(23)29)10-14-6-8-17(28-14)15-9-13(24(26)27)5-7-16(15)21/h3-10H,1-2H3/b18-10+. The van der Waals surface area contributed by atoms with E-state index in [-0.39, 0.29) is 11.6 Å². The van der Waals surface area contributed by atoms with E-state index in [4.69, 9.17) is 28.2 Å².